The Balaban J connectivity index is 2.56. The molecule has 0 fully saturated rings. The van der Waals surface area contributed by atoms with Crippen LogP contribution in [0.5, 0.6) is 0 Å². The smallest absolute Gasteiger partial charge is 0.0742 e. The molecule has 1 aliphatic rings. The van der Waals surface area contributed by atoms with Gasteiger partial charge in [-0.05, 0) is 6.92 Å². The van der Waals surface area contributed by atoms with E-state index in [0.29, 0.717) is 0 Å². The molecule has 2 nitrogen and oxygen atoms in total. The number of rotatable bonds is 0. The maximum atomic E-state index is 5.22. The Bertz CT molecular complexity index is 227. The molecule has 1 N–H and O–H groups in total. The van der Waals surface area contributed by atoms with Gasteiger partial charge in [0.25, 0.3) is 0 Å². The summed E-state index contributed by atoms with van der Waals surface area (Å²) in [6.07, 6.45) is 2.03. The molecule has 48 valence electrons. The number of aromatic amines is 1. The van der Waals surface area contributed by atoms with Crippen LogP contribution in [0.25, 0.3) is 0 Å². The van der Waals surface area contributed by atoms with Crippen molar-refractivity contribution in [2.45, 2.75) is 20.1 Å². The molecule has 2 heteroatoms. The Labute approximate surface area is 53.8 Å². The summed E-state index contributed by atoms with van der Waals surface area (Å²) in [4.78, 5) is 3.16. The third-order valence-corrected chi connectivity index (χ3v) is 1.81. The Hall–Kier alpha value is -0.760. The van der Waals surface area contributed by atoms with Gasteiger partial charge in [-0.2, -0.15) is 0 Å². The normalized spacial score (nSPS) is 16.1. The molecule has 1 aromatic rings. The molecule has 0 amide bonds. The van der Waals surface area contributed by atoms with Gasteiger partial charge in [-0.1, -0.05) is 0 Å². The van der Waals surface area contributed by atoms with Crippen molar-refractivity contribution < 1.29 is 4.74 Å². The van der Waals surface area contributed by atoms with Gasteiger partial charge in [0, 0.05) is 23.0 Å². The van der Waals surface area contributed by atoms with Crippen molar-refractivity contribution in [1.82, 2.24) is 4.98 Å². The predicted molar refractivity (Wildman–Crippen MR) is 34.0 cm³/mol. The van der Waals surface area contributed by atoms with Crippen LogP contribution >= 0.6 is 0 Å². The zero-order valence-corrected chi connectivity index (χ0v) is 5.40. The summed E-state index contributed by atoms with van der Waals surface area (Å²) in [6, 6.07) is 0. The van der Waals surface area contributed by atoms with E-state index in [0.717, 1.165) is 13.2 Å². The number of fused-ring (bicyclic) bond motifs is 1. The minimum atomic E-state index is 0.791. The van der Waals surface area contributed by atoms with Gasteiger partial charge in [-0.25, -0.2) is 0 Å². The standard InChI is InChI=1S/C7H9NO/c1-5-7-4-9-3-6(7)2-8-5/h2,8H,3-4H2,1H3. The number of aryl methyl sites for hydroxylation is 1. The van der Waals surface area contributed by atoms with Crippen LogP contribution in [0.1, 0.15) is 16.8 Å². The van der Waals surface area contributed by atoms with Gasteiger partial charge >= 0.3 is 0 Å². The van der Waals surface area contributed by atoms with E-state index in [2.05, 4.69) is 11.9 Å². The highest BCUT2D eigenvalue weighted by Crippen LogP contribution is 2.21. The summed E-state index contributed by atoms with van der Waals surface area (Å²) >= 11 is 0. The van der Waals surface area contributed by atoms with Crippen molar-refractivity contribution in [2.24, 2.45) is 0 Å². The molecule has 0 bridgehead atoms. The summed E-state index contributed by atoms with van der Waals surface area (Å²) in [5, 5.41) is 0. The van der Waals surface area contributed by atoms with Crippen molar-refractivity contribution in [3.8, 4) is 0 Å². The first-order chi connectivity index (χ1) is 4.38. The van der Waals surface area contributed by atoms with E-state index >= 15 is 0 Å². The molecule has 2 rings (SSSR count). The monoisotopic (exact) mass is 123 g/mol. The number of H-pyrrole nitrogens is 1. The van der Waals surface area contributed by atoms with E-state index in [4.69, 9.17) is 4.74 Å². The van der Waals surface area contributed by atoms with E-state index < -0.39 is 0 Å². The fourth-order valence-electron chi connectivity index (χ4n) is 1.20. The fraction of sp³-hybridized carbons (Fsp3) is 0.429. The summed E-state index contributed by atoms with van der Waals surface area (Å²) < 4.78 is 5.22. The lowest BCUT2D eigenvalue weighted by molar-refractivity contribution is 0.133. The number of hydrogen-bond acceptors (Lipinski definition) is 1. The lowest BCUT2D eigenvalue weighted by Crippen LogP contribution is -1.80. The number of aromatic nitrogens is 1. The lowest BCUT2D eigenvalue weighted by atomic mass is 10.2. The van der Waals surface area contributed by atoms with Crippen molar-refractivity contribution in [3.05, 3.63) is 23.0 Å². The van der Waals surface area contributed by atoms with E-state index in [-0.39, 0.29) is 0 Å². The minimum absolute atomic E-state index is 0.791. The molecule has 0 aromatic carbocycles. The molecule has 0 radical (unpaired) electrons. The maximum absolute atomic E-state index is 5.22. The van der Waals surface area contributed by atoms with Gasteiger partial charge in [0.2, 0.25) is 0 Å². The minimum Gasteiger partial charge on any atom is -0.372 e. The highest BCUT2D eigenvalue weighted by atomic mass is 16.5. The molecular formula is C7H9NO. The topological polar surface area (TPSA) is 25.0 Å². The molecule has 1 aliphatic heterocycles. The Morgan fingerprint density at radius 1 is 1.56 bits per heavy atom. The van der Waals surface area contributed by atoms with E-state index in [1.54, 1.807) is 0 Å². The van der Waals surface area contributed by atoms with Gasteiger partial charge in [-0.15, -0.1) is 0 Å². The molecule has 0 unspecified atom stereocenters. The highest BCUT2D eigenvalue weighted by Gasteiger charge is 2.13. The first kappa shape index (κ1) is 5.06. The molecule has 1 aromatic heterocycles. The molecule has 9 heavy (non-hydrogen) atoms. The van der Waals surface area contributed by atoms with Crippen LogP contribution in [0.2, 0.25) is 0 Å². The van der Waals surface area contributed by atoms with Crippen molar-refractivity contribution in [1.29, 1.82) is 0 Å². The van der Waals surface area contributed by atoms with Gasteiger partial charge in [0.1, 0.15) is 0 Å². The average molecular weight is 123 g/mol. The van der Waals surface area contributed by atoms with E-state index in [9.17, 15) is 0 Å². The first-order valence-corrected chi connectivity index (χ1v) is 3.11. The van der Waals surface area contributed by atoms with E-state index in [1.165, 1.54) is 16.8 Å². The first-order valence-electron chi connectivity index (χ1n) is 3.11. The summed E-state index contributed by atoms with van der Waals surface area (Å²) in [6.45, 7) is 3.66. The number of hydrogen-bond donors (Lipinski definition) is 1. The third kappa shape index (κ3) is 0.598. The second-order valence-corrected chi connectivity index (χ2v) is 2.41. The summed E-state index contributed by atoms with van der Waals surface area (Å²) in [5.74, 6) is 0. The van der Waals surface area contributed by atoms with E-state index in [1.807, 2.05) is 6.20 Å². The molecule has 0 saturated carbocycles. The second-order valence-electron chi connectivity index (χ2n) is 2.41. The van der Waals surface area contributed by atoms with Gasteiger partial charge < -0.3 is 9.72 Å². The van der Waals surface area contributed by atoms with Crippen LogP contribution in [0, 0.1) is 6.92 Å². The quantitative estimate of drug-likeness (QED) is 0.553. The largest absolute Gasteiger partial charge is 0.372 e. The Kier molecular flexibility index (Phi) is 0.904. The predicted octanol–water partition coefficient (Wildman–Crippen LogP) is 1.35. The van der Waals surface area contributed by atoms with Crippen LogP contribution in [0.3, 0.4) is 0 Å². The molecule has 0 aliphatic carbocycles. The highest BCUT2D eigenvalue weighted by molar-refractivity contribution is 5.30. The number of ether oxygens (including phenoxy) is 1. The van der Waals surface area contributed by atoms with Crippen LogP contribution < -0.4 is 0 Å². The maximum Gasteiger partial charge on any atom is 0.0742 e. The van der Waals surface area contributed by atoms with Crippen LogP contribution in [0.15, 0.2) is 6.20 Å². The van der Waals surface area contributed by atoms with Crippen LogP contribution in [-0.2, 0) is 18.0 Å². The molecule has 0 spiro atoms. The molecule has 0 atom stereocenters. The zero-order valence-electron chi connectivity index (χ0n) is 5.40. The van der Waals surface area contributed by atoms with Crippen LogP contribution in [-0.4, -0.2) is 4.98 Å². The van der Waals surface area contributed by atoms with Gasteiger partial charge in [-0.3, -0.25) is 0 Å². The molecule has 0 saturated heterocycles. The van der Waals surface area contributed by atoms with Crippen LogP contribution in [0.4, 0.5) is 0 Å². The van der Waals surface area contributed by atoms with Gasteiger partial charge in [0.15, 0.2) is 0 Å². The van der Waals surface area contributed by atoms with Crippen molar-refractivity contribution >= 4 is 0 Å². The summed E-state index contributed by atoms with van der Waals surface area (Å²) in [5.41, 5.74) is 3.94. The lowest BCUT2D eigenvalue weighted by Gasteiger charge is -1.88. The Morgan fingerprint density at radius 2 is 2.44 bits per heavy atom. The third-order valence-electron chi connectivity index (χ3n) is 1.81. The fourth-order valence-corrected chi connectivity index (χ4v) is 1.20. The van der Waals surface area contributed by atoms with Crippen molar-refractivity contribution in [2.75, 3.05) is 0 Å². The summed E-state index contributed by atoms with van der Waals surface area (Å²) in [7, 11) is 0. The average Bonchev–Trinajstić information content (AvgIpc) is 2.35. The van der Waals surface area contributed by atoms with Crippen molar-refractivity contribution in [3.63, 3.8) is 0 Å². The van der Waals surface area contributed by atoms with Gasteiger partial charge in [0.05, 0.1) is 13.2 Å². The zero-order chi connectivity index (χ0) is 6.27. The molecular weight excluding hydrogens is 114 g/mol. The number of nitrogens with one attached hydrogen (secondary N) is 1. The molecule has 2 heterocycles. The Morgan fingerprint density at radius 3 is 3.22 bits per heavy atom. The SMILES string of the molecule is Cc1[nH]cc2c1COC2. The second kappa shape index (κ2) is 1.61.